The smallest absolute Gasteiger partial charge is 0.323 e. The van der Waals surface area contributed by atoms with E-state index in [0.717, 1.165) is 38.5 Å². The van der Waals surface area contributed by atoms with Crippen molar-refractivity contribution >= 4 is 17.5 Å². The highest BCUT2D eigenvalue weighted by molar-refractivity contribution is 6.16. The molecule has 0 spiro atoms. The first-order valence-electron chi connectivity index (χ1n) is 7.26. The van der Waals surface area contributed by atoms with E-state index in [2.05, 4.69) is 11.3 Å². The summed E-state index contributed by atoms with van der Waals surface area (Å²) in [6.07, 6.45) is 9.49. The summed E-state index contributed by atoms with van der Waals surface area (Å²) in [4.78, 5) is 34.5. The average Bonchev–Trinajstić information content (AvgIpc) is 2.41. The maximum absolute atomic E-state index is 11.8. The fraction of sp³-hybridized carbons (Fsp3) is 0.688. The van der Waals surface area contributed by atoms with Crippen LogP contribution >= 0.6 is 0 Å². The van der Waals surface area contributed by atoms with E-state index < -0.39 is 17.7 Å². The van der Waals surface area contributed by atoms with E-state index in [1.165, 1.54) is 20.5 Å². The van der Waals surface area contributed by atoms with Gasteiger partial charge in [0.25, 0.3) is 0 Å². The van der Waals surface area contributed by atoms with Gasteiger partial charge in [0.15, 0.2) is 17.5 Å². The zero-order chi connectivity index (χ0) is 15.4. The third kappa shape index (κ3) is 7.87. The molecule has 0 saturated carbocycles. The predicted octanol–water partition coefficient (Wildman–Crippen LogP) is 3.24. The summed E-state index contributed by atoms with van der Waals surface area (Å²) < 4.78 is 4.49. The number of ketones is 2. The Bertz CT molecular complexity index is 333. The largest absolute Gasteiger partial charge is 0.468 e. The number of methoxy groups -OCH3 is 1. The van der Waals surface area contributed by atoms with Crippen molar-refractivity contribution < 1.29 is 19.1 Å². The number of esters is 1. The normalized spacial score (nSPS) is 11.7. The van der Waals surface area contributed by atoms with Crippen LogP contribution in [0, 0.1) is 5.92 Å². The van der Waals surface area contributed by atoms with Gasteiger partial charge in [-0.2, -0.15) is 0 Å². The third-order valence-corrected chi connectivity index (χ3v) is 3.25. The van der Waals surface area contributed by atoms with Crippen molar-refractivity contribution in [2.75, 3.05) is 7.11 Å². The number of hydrogen-bond donors (Lipinski definition) is 0. The zero-order valence-electron chi connectivity index (χ0n) is 12.7. The van der Waals surface area contributed by atoms with E-state index in [1.807, 2.05) is 6.08 Å². The monoisotopic (exact) mass is 282 g/mol. The number of carbonyl (C=O) groups is 3. The van der Waals surface area contributed by atoms with Crippen LogP contribution in [0.15, 0.2) is 12.7 Å². The minimum absolute atomic E-state index is 0.270. The number of carbonyl (C=O) groups excluding carboxylic acids is 3. The van der Waals surface area contributed by atoms with E-state index in [-0.39, 0.29) is 12.2 Å². The number of Topliss-reactive ketones (excluding diaryl/α,β-unsaturated/α-hetero) is 2. The third-order valence-electron chi connectivity index (χ3n) is 3.25. The van der Waals surface area contributed by atoms with Crippen LogP contribution in [0.2, 0.25) is 0 Å². The van der Waals surface area contributed by atoms with E-state index in [4.69, 9.17) is 0 Å². The van der Waals surface area contributed by atoms with Gasteiger partial charge in [0.2, 0.25) is 0 Å². The van der Waals surface area contributed by atoms with Gasteiger partial charge in [-0.1, -0.05) is 31.8 Å². The summed E-state index contributed by atoms with van der Waals surface area (Å²) in [7, 11) is 1.19. The lowest BCUT2D eigenvalue weighted by molar-refractivity contribution is -0.152. The fourth-order valence-electron chi connectivity index (χ4n) is 2.08. The van der Waals surface area contributed by atoms with Crippen LogP contribution in [0.5, 0.6) is 0 Å². The number of rotatable bonds is 12. The summed E-state index contributed by atoms with van der Waals surface area (Å²) in [6.45, 7) is 4.93. The fourth-order valence-corrected chi connectivity index (χ4v) is 2.08. The van der Waals surface area contributed by atoms with Crippen molar-refractivity contribution in [2.24, 2.45) is 5.92 Å². The van der Waals surface area contributed by atoms with Gasteiger partial charge in [-0.15, -0.1) is 6.58 Å². The molecule has 114 valence electrons. The van der Waals surface area contributed by atoms with Crippen LogP contribution in [0.1, 0.15) is 58.3 Å². The van der Waals surface area contributed by atoms with E-state index in [9.17, 15) is 14.4 Å². The molecule has 0 bridgehead atoms. The van der Waals surface area contributed by atoms with Gasteiger partial charge < -0.3 is 4.74 Å². The molecule has 0 saturated heterocycles. The highest BCUT2D eigenvalue weighted by Gasteiger charge is 2.31. The molecule has 0 heterocycles. The molecule has 20 heavy (non-hydrogen) atoms. The molecule has 0 N–H and O–H groups in total. The lowest BCUT2D eigenvalue weighted by Gasteiger charge is -2.10. The van der Waals surface area contributed by atoms with Crippen LogP contribution < -0.4 is 0 Å². The summed E-state index contributed by atoms with van der Waals surface area (Å²) in [6, 6.07) is 0. The van der Waals surface area contributed by atoms with Crippen molar-refractivity contribution in [1.82, 2.24) is 0 Å². The standard InChI is InChI=1S/C16H26O4/c1-4-5-6-7-8-9-10-11-12-14(18)15(13(2)17)16(19)20-3/h4,15H,1,5-12H2,2-3H3. The predicted molar refractivity (Wildman–Crippen MR) is 78.3 cm³/mol. The quantitative estimate of drug-likeness (QED) is 0.239. The molecule has 0 aliphatic heterocycles. The Morgan fingerprint density at radius 2 is 1.60 bits per heavy atom. The summed E-state index contributed by atoms with van der Waals surface area (Å²) >= 11 is 0. The molecule has 0 rings (SSSR count). The van der Waals surface area contributed by atoms with Crippen LogP contribution in [0.25, 0.3) is 0 Å². The van der Waals surface area contributed by atoms with Gasteiger partial charge >= 0.3 is 5.97 Å². The van der Waals surface area contributed by atoms with E-state index in [1.54, 1.807) is 0 Å². The highest BCUT2D eigenvalue weighted by Crippen LogP contribution is 2.12. The Balaban J connectivity index is 3.83. The first kappa shape index (κ1) is 18.6. The highest BCUT2D eigenvalue weighted by atomic mass is 16.5. The van der Waals surface area contributed by atoms with Crippen molar-refractivity contribution in [3.05, 3.63) is 12.7 Å². The second-order valence-corrected chi connectivity index (χ2v) is 4.98. The van der Waals surface area contributed by atoms with Gasteiger partial charge in [-0.25, -0.2) is 0 Å². The topological polar surface area (TPSA) is 60.4 Å². The molecule has 0 aliphatic rings. The lowest BCUT2D eigenvalue weighted by Crippen LogP contribution is -2.31. The van der Waals surface area contributed by atoms with Crippen LogP contribution in [0.3, 0.4) is 0 Å². The minimum atomic E-state index is -1.23. The molecule has 0 aliphatic carbocycles. The molecule has 0 radical (unpaired) electrons. The van der Waals surface area contributed by atoms with Gasteiger partial charge in [-0.3, -0.25) is 14.4 Å². The first-order chi connectivity index (χ1) is 9.54. The number of unbranched alkanes of at least 4 members (excludes halogenated alkanes) is 6. The first-order valence-corrected chi connectivity index (χ1v) is 7.26. The van der Waals surface area contributed by atoms with Crippen LogP contribution in [0.4, 0.5) is 0 Å². The summed E-state index contributed by atoms with van der Waals surface area (Å²) in [5.74, 6) is -2.73. The SMILES string of the molecule is C=CCCCCCCCCC(=O)C(C(C)=O)C(=O)OC. The Labute approximate surface area is 121 Å². The molecule has 0 fully saturated rings. The second kappa shape index (κ2) is 11.4. The Morgan fingerprint density at radius 1 is 1.05 bits per heavy atom. The van der Waals surface area contributed by atoms with Crippen molar-refractivity contribution in [1.29, 1.82) is 0 Å². The molecular weight excluding hydrogens is 256 g/mol. The van der Waals surface area contributed by atoms with Crippen LogP contribution in [-0.4, -0.2) is 24.6 Å². The van der Waals surface area contributed by atoms with Crippen LogP contribution in [-0.2, 0) is 19.1 Å². The molecule has 1 atom stereocenters. The number of ether oxygens (including phenoxy) is 1. The van der Waals surface area contributed by atoms with Gasteiger partial charge in [0.1, 0.15) is 0 Å². The van der Waals surface area contributed by atoms with Gasteiger partial charge in [-0.05, 0) is 26.2 Å². The van der Waals surface area contributed by atoms with E-state index in [0.29, 0.717) is 0 Å². The molecular formula is C16H26O4. The molecule has 4 nitrogen and oxygen atoms in total. The summed E-state index contributed by atoms with van der Waals surface area (Å²) in [5, 5.41) is 0. The van der Waals surface area contributed by atoms with Crippen molar-refractivity contribution in [2.45, 2.75) is 58.3 Å². The van der Waals surface area contributed by atoms with Gasteiger partial charge in [0.05, 0.1) is 7.11 Å². The van der Waals surface area contributed by atoms with Crippen molar-refractivity contribution in [3.63, 3.8) is 0 Å². The van der Waals surface area contributed by atoms with Gasteiger partial charge in [0, 0.05) is 6.42 Å². The Hall–Kier alpha value is -1.45. The molecule has 0 aromatic heterocycles. The van der Waals surface area contributed by atoms with Crippen molar-refractivity contribution in [3.8, 4) is 0 Å². The number of allylic oxidation sites excluding steroid dienone is 1. The second-order valence-electron chi connectivity index (χ2n) is 4.98. The maximum Gasteiger partial charge on any atom is 0.323 e. The average molecular weight is 282 g/mol. The Morgan fingerprint density at radius 3 is 2.10 bits per heavy atom. The number of hydrogen-bond acceptors (Lipinski definition) is 4. The molecule has 0 aromatic rings. The lowest BCUT2D eigenvalue weighted by atomic mass is 9.95. The maximum atomic E-state index is 11.8. The zero-order valence-corrected chi connectivity index (χ0v) is 12.7. The summed E-state index contributed by atoms with van der Waals surface area (Å²) in [5.41, 5.74) is 0. The molecule has 4 heteroatoms. The molecule has 0 aromatic carbocycles. The minimum Gasteiger partial charge on any atom is -0.468 e. The molecule has 1 unspecified atom stereocenters. The van der Waals surface area contributed by atoms with E-state index >= 15 is 0 Å². The Kier molecular flexibility index (Phi) is 10.6. The molecule has 0 amide bonds.